The van der Waals surface area contributed by atoms with Gasteiger partial charge in [0.2, 0.25) is 0 Å². The summed E-state index contributed by atoms with van der Waals surface area (Å²) in [6, 6.07) is 4.52. The molecule has 1 fully saturated rings. The van der Waals surface area contributed by atoms with E-state index in [0.29, 0.717) is 5.02 Å². The van der Waals surface area contributed by atoms with Gasteiger partial charge in [0, 0.05) is 31.2 Å². The Labute approximate surface area is 133 Å². The van der Waals surface area contributed by atoms with E-state index in [1.165, 1.54) is 12.1 Å². The van der Waals surface area contributed by atoms with Crippen LogP contribution in [0.5, 0.6) is 0 Å². The molecule has 1 aromatic carbocycles. The van der Waals surface area contributed by atoms with Gasteiger partial charge < -0.3 is 10.5 Å². The minimum absolute atomic E-state index is 0.275. The van der Waals surface area contributed by atoms with Gasteiger partial charge in [-0.05, 0) is 29.8 Å². The maximum Gasteiger partial charge on any atom is 0.253 e. The second-order valence-electron chi connectivity index (χ2n) is 4.14. The fraction of sp³-hybridized carbons (Fsp3) is 0.462. The quantitative estimate of drug-likeness (QED) is 0.860. The highest BCUT2D eigenvalue weighted by Crippen LogP contribution is 2.21. The van der Waals surface area contributed by atoms with Crippen molar-refractivity contribution in [1.82, 2.24) is 4.90 Å². The van der Waals surface area contributed by atoms with E-state index in [1.54, 1.807) is 6.07 Å². The van der Waals surface area contributed by atoms with Crippen molar-refractivity contribution in [2.24, 2.45) is 5.73 Å². The molecule has 20 heavy (non-hydrogen) atoms. The molecule has 0 saturated carbocycles. The Bertz CT molecular complexity index is 435. The number of morpholine rings is 1. The molecular weight excluding hydrogens is 323 g/mol. The SMILES string of the molecule is NCCN1CCOCC1.O=C(Cl)c1ccc(Cl)cc1Cl. The average molecular weight is 340 g/mol. The van der Waals surface area contributed by atoms with Crippen molar-refractivity contribution in [3.63, 3.8) is 0 Å². The van der Waals surface area contributed by atoms with Crippen LogP contribution in [0, 0.1) is 0 Å². The Morgan fingerprint density at radius 1 is 1.30 bits per heavy atom. The fourth-order valence-electron chi connectivity index (χ4n) is 1.66. The number of halogens is 3. The summed E-state index contributed by atoms with van der Waals surface area (Å²) >= 11 is 16.4. The van der Waals surface area contributed by atoms with E-state index in [9.17, 15) is 4.79 Å². The van der Waals surface area contributed by atoms with Crippen LogP contribution < -0.4 is 5.73 Å². The van der Waals surface area contributed by atoms with Gasteiger partial charge in [0.1, 0.15) is 0 Å². The molecule has 1 aromatic rings. The minimum atomic E-state index is -0.577. The number of benzene rings is 1. The molecule has 0 aromatic heterocycles. The molecule has 0 radical (unpaired) electrons. The lowest BCUT2D eigenvalue weighted by molar-refractivity contribution is 0.0394. The third-order valence-electron chi connectivity index (χ3n) is 2.69. The number of carbonyl (C=O) groups excluding carboxylic acids is 1. The van der Waals surface area contributed by atoms with Gasteiger partial charge in [-0.15, -0.1) is 0 Å². The standard InChI is InChI=1S/C7H3Cl3O.C6H14N2O/c8-4-1-2-5(7(10)11)6(9)3-4;7-1-2-8-3-5-9-6-4-8/h1-3H;1-7H2. The predicted octanol–water partition coefficient (Wildman–Crippen LogP) is 2.65. The maximum atomic E-state index is 10.6. The Kier molecular flexibility index (Phi) is 8.45. The van der Waals surface area contributed by atoms with Crippen LogP contribution in [-0.2, 0) is 4.74 Å². The first-order valence-corrected chi connectivity index (χ1v) is 7.33. The first-order chi connectivity index (χ1) is 9.54. The van der Waals surface area contributed by atoms with Crippen molar-refractivity contribution < 1.29 is 9.53 Å². The molecule has 0 spiro atoms. The summed E-state index contributed by atoms with van der Waals surface area (Å²) in [6.07, 6.45) is 0. The van der Waals surface area contributed by atoms with Crippen LogP contribution in [0.25, 0.3) is 0 Å². The van der Waals surface area contributed by atoms with Crippen LogP contribution in [0.3, 0.4) is 0 Å². The summed E-state index contributed by atoms with van der Waals surface area (Å²) in [4.78, 5) is 12.9. The van der Waals surface area contributed by atoms with Crippen molar-refractivity contribution in [2.75, 3.05) is 39.4 Å². The van der Waals surface area contributed by atoms with Gasteiger partial charge >= 0.3 is 0 Å². The van der Waals surface area contributed by atoms with E-state index >= 15 is 0 Å². The monoisotopic (exact) mass is 338 g/mol. The topological polar surface area (TPSA) is 55.6 Å². The first-order valence-electron chi connectivity index (χ1n) is 6.19. The highest BCUT2D eigenvalue weighted by Gasteiger charge is 2.07. The van der Waals surface area contributed by atoms with Gasteiger partial charge in [0.25, 0.3) is 5.24 Å². The lowest BCUT2D eigenvalue weighted by atomic mass is 10.2. The number of carbonyl (C=O) groups is 1. The van der Waals surface area contributed by atoms with E-state index in [1.807, 2.05) is 0 Å². The summed E-state index contributed by atoms with van der Waals surface area (Å²) in [5, 5.41) is 0.181. The molecule has 0 unspecified atom stereocenters. The summed E-state index contributed by atoms with van der Waals surface area (Å²) in [5.41, 5.74) is 5.65. The average Bonchev–Trinajstić information content (AvgIpc) is 2.40. The molecule has 7 heteroatoms. The zero-order valence-corrected chi connectivity index (χ0v) is 13.2. The number of nitrogens with zero attached hydrogens (tertiary/aromatic N) is 1. The van der Waals surface area contributed by atoms with E-state index < -0.39 is 5.24 Å². The third-order valence-corrected chi connectivity index (χ3v) is 3.44. The molecule has 0 aliphatic carbocycles. The molecular formula is C13H17Cl3N2O2. The number of hydrogen-bond acceptors (Lipinski definition) is 4. The Balaban J connectivity index is 0.000000204. The smallest absolute Gasteiger partial charge is 0.253 e. The second kappa shape index (κ2) is 9.55. The van der Waals surface area contributed by atoms with Crippen molar-refractivity contribution in [2.45, 2.75) is 0 Å². The van der Waals surface area contributed by atoms with E-state index in [2.05, 4.69) is 4.90 Å². The fourth-order valence-corrected chi connectivity index (χ4v) is 2.36. The lowest BCUT2D eigenvalue weighted by Gasteiger charge is -2.25. The Morgan fingerprint density at radius 2 is 1.95 bits per heavy atom. The molecule has 0 bridgehead atoms. The van der Waals surface area contributed by atoms with Crippen molar-refractivity contribution >= 4 is 40.0 Å². The zero-order chi connectivity index (χ0) is 15.0. The van der Waals surface area contributed by atoms with Crippen LogP contribution in [0.1, 0.15) is 10.4 Å². The van der Waals surface area contributed by atoms with Crippen molar-refractivity contribution in [3.05, 3.63) is 33.8 Å². The highest BCUT2D eigenvalue weighted by molar-refractivity contribution is 6.68. The molecule has 112 valence electrons. The van der Waals surface area contributed by atoms with Crippen molar-refractivity contribution in [1.29, 1.82) is 0 Å². The van der Waals surface area contributed by atoms with Gasteiger partial charge in [0.15, 0.2) is 0 Å². The molecule has 2 N–H and O–H groups in total. The normalized spacial score (nSPS) is 15.4. The predicted molar refractivity (Wildman–Crippen MR) is 83.0 cm³/mol. The Morgan fingerprint density at radius 3 is 2.45 bits per heavy atom. The molecule has 1 aliphatic rings. The molecule has 4 nitrogen and oxygen atoms in total. The van der Waals surface area contributed by atoms with Gasteiger partial charge in [-0.1, -0.05) is 23.2 Å². The molecule has 1 aliphatic heterocycles. The maximum absolute atomic E-state index is 10.6. The van der Waals surface area contributed by atoms with Crippen LogP contribution in [0.15, 0.2) is 18.2 Å². The first kappa shape index (κ1) is 17.7. The summed E-state index contributed by atoms with van der Waals surface area (Å²) in [5.74, 6) is 0. The summed E-state index contributed by atoms with van der Waals surface area (Å²) in [6.45, 7) is 5.64. The summed E-state index contributed by atoms with van der Waals surface area (Å²) < 4.78 is 5.16. The number of ether oxygens (including phenoxy) is 1. The highest BCUT2D eigenvalue weighted by atomic mass is 35.5. The summed E-state index contributed by atoms with van der Waals surface area (Å²) in [7, 11) is 0. The van der Waals surface area contributed by atoms with Crippen LogP contribution >= 0.6 is 34.8 Å². The zero-order valence-electron chi connectivity index (χ0n) is 10.9. The molecule has 0 amide bonds. The van der Waals surface area contributed by atoms with Gasteiger partial charge in [-0.3, -0.25) is 9.69 Å². The van der Waals surface area contributed by atoms with Crippen LogP contribution in [0.2, 0.25) is 10.0 Å². The minimum Gasteiger partial charge on any atom is -0.379 e. The third kappa shape index (κ3) is 6.39. The lowest BCUT2D eigenvalue weighted by Crippen LogP contribution is -2.39. The molecule has 1 heterocycles. The van der Waals surface area contributed by atoms with Crippen molar-refractivity contribution in [3.8, 4) is 0 Å². The number of nitrogens with two attached hydrogens (primary N) is 1. The van der Waals surface area contributed by atoms with Crippen LogP contribution in [0.4, 0.5) is 0 Å². The largest absolute Gasteiger partial charge is 0.379 e. The molecule has 1 saturated heterocycles. The van der Waals surface area contributed by atoms with Gasteiger partial charge in [-0.2, -0.15) is 0 Å². The van der Waals surface area contributed by atoms with E-state index in [0.717, 1.165) is 39.4 Å². The number of rotatable bonds is 3. The van der Waals surface area contributed by atoms with Gasteiger partial charge in [-0.25, -0.2) is 0 Å². The van der Waals surface area contributed by atoms with E-state index in [4.69, 9.17) is 45.3 Å². The molecule has 0 atom stereocenters. The second-order valence-corrected chi connectivity index (χ2v) is 5.33. The molecule has 2 rings (SSSR count). The van der Waals surface area contributed by atoms with Gasteiger partial charge in [0.05, 0.1) is 23.8 Å². The Hall–Kier alpha value is -0.360. The van der Waals surface area contributed by atoms with Crippen LogP contribution in [-0.4, -0.2) is 49.5 Å². The van der Waals surface area contributed by atoms with E-state index in [-0.39, 0.29) is 10.6 Å². The number of hydrogen-bond donors (Lipinski definition) is 1.